The van der Waals surface area contributed by atoms with Gasteiger partial charge in [-0.15, -0.1) is 0 Å². The lowest BCUT2D eigenvalue weighted by atomic mass is 9.75. The van der Waals surface area contributed by atoms with Crippen molar-refractivity contribution in [1.29, 1.82) is 0 Å². The van der Waals surface area contributed by atoms with Gasteiger partial charge in [0.25, 0.3) is 0 Å². The molecule has 0 radical (unpaired) electrons. The monoisotopic (exact) mass is 232 g/mol. The lowest BCUT2D eigenvalue weighted by Gasteiger charge is -2.44. The summed E-state index contributed by atoms with van der Waals surface area (Å²) in [5.74, 6) is 0. The average molecular weight is 232 g/mol. The van der Waals surface area contributed by atoms with Gasteiger partial charge >= 0.3 is 0 Å². The maximum atomic E-state index is 6.34. The molecule has 4 N–H and O–H groups in total. The van der Waals surface area contributed by atoms with Crippen LogP contribution < -0.4 is 11.5 Å². The zero-order valence-corrected chi connectivity index (χ0v) is 9.56. The highest BCUT2D eigenvalue weighted by Crippen LogP contribution is 2.40. The molecule has 0 spiro atoms. The van der Waals surface area contributed by atoms with E-state index in [2.05, 4.69) is 0 Å². The van der Waals surface area contributed by atoms with E-state index in [1.165, 1.54) is 0 Å². The summed E-state index contributed by atoms with van der Waals surface area (Å²) in [6.45, 7) is 1.79. The van der Waals surface area contributed by atoms with Gasteiger partial charge in [-0.3, -0.25) is 0 Å². The Bertz CT molecular complexity index is 525. The lowest BCUT2D eigenvalue weighted by molar-refractivity contribution is -0.121. The van der Waals surface area contributed by atoms with Gasteiger partial charge in [0, 0.05) is 29.0 Å². The molecule has 1 aromatic carbocycles. The minimum absolute atomic E-state index is 0.132. The smallest absolute Gasteiger partial charge is 0.134 e. The fraction of sp³-hybridized carbons (Fsp3) is 0.385. The molecule has 0 amide bonds. The fourth-order valence-electron chi connectivity index (χ4n) is 2.36. The molecule has 0 aliphatic carbocycles. The summed E-state index contributed by atoms with van der Waals surface area (Å²) in [6.07, 6.45) is 1.74. The van der Waals surface area contributed by atoms with Crippen LogP contribution in [0, 0.1) is 5.41 Å². The van der Waals surface area contributed by atoms with Crippen molar-refractivity contribution in [2.45, 2.75) is 6.04 Å². The largest absolute Gasteiger partial charge is 0.464 e. The summed E-state index contributed by atoms with van der Waals surface area (Å²) >= 11 is 0. The molecule has 4 heteroatoms. The summed E-state index contributed by atoms with van der Waals surface area (Å²) in [5.41, 5.74) is 13.9. The quantitative estimate of drug-likeness (QED) is 0.839. The van der Waals surface area contributed by atoms with Crippen LogP contribution in [0.25, 0.3) is 11.0 Å². The van der Waals surface area contributed by atoms with Crippen LogP contribution in [-0.2, 0) is 4.74 Å². The standard InChI is InChI=1S/C13H16N2O2/c14-6-13(7-16-8-13)12(15)10-5-17-11-4-2-1-3-9(10)11/h1-5,12H,6-8,14-15H2. The van der Waals surface area contributed by atoms with Crippen LogP contribution in [0.1, 0.15) is 11.6 Å². The third kappa shape index (κ3) is 1.49. The van der Waals surface area contributed by atoms with Crippen molar-refractivity contribution < 1.29 is 9.15 Å². The second kappa shape index (κ2) is 3.84. The number of ether oxygens (including phenoxy) is 1. The number of hydrogen-bond donors (Lipinski definition) is 2. The number of fused-ring (bicyclic) bond motifs is 1. The molecule has 2 heterocycles. The Kier molecular flexibility index (Phi) is 2.43. The number of rotatable bonds is 3. The van der Waals surface area contributed by atoms with Crippen LogP contribution in [0.5, 0.6) is 0 Å². The Balaban J connectivity index is 2.03. The molecule has 0 bridgehead atoms. The molecule has 1 fully saturated rings. The Morgan fingerprint density at radius 1 is 1.29 bits per heavy atom. The number of furan rings is 1. The predicted octanol–water partition coefficient (Wildman–Crippen LogP) is 1.41. The highest BCUT2D eigenvalue weighted by molar-refractivity contribution is 5.81. The van der Waals surface area contributed by atoms with Gasteiger partial charge in [-0.05, 0) is 6.07 Å². The maximum absolute atomic E-state index is 6.34. The first-order valence-corrected chi connectivity index (χ1v) is 5.76. The van der Waals surface area contributed by atoms with Crippen molar-refractivity contribution in [3.8, 4) is 0 Å². The van der Waals surface area contributed by atoms with Crippen molar-refractivity contribution >= 4 is 11.0 Å². The van der Waals surface area contributed by atoms with E-state index in [0.717, 1.165) is 16.5 Å². The summed E-state index contributed by atoms with van der Waals surface area (Å²) in [4.78, 5) is 0. The van der Waals surface area contributed by atoms with Crippen LogP contribution in [0.4, 0.5) is 0 Å². The summed E-state index contributed by atoms with van der Waals surface area (Å²) in [5, 5.41) is 1.07. The van der Waals surface area contributed by atoms with E-state index in [4.69, 9.17) is 20.6 Å². The van der Waals surface area contributed by atoms with Crippen molar-refractivity contribution in [1.82, 2.24) is 0 Å². The van der Waals surface area contributed by atoms with E-state index in [0.29, 0.717) is 19.8 Å². The molecule has 90 valence electrons. The van der Waals surface area contributed by atoms with Gasteiger partial charge in [-0.2, -0.15) is 0 Å². The summed E-state index contributed by atoms with van der Waals surface area (Å²) < 4.78 is 10.8. The van der Waals surface area contributed by atoms with Gasteiger partial charge in [0.2, 0.25) is 0 Å². The summed E-state index contributed by atoms with van der Waals surface area (Å²) in [7, 11) is 0. The number of hydrogen-bond acceptors (Lipinski definition) is 4. The van der Waals surface area contributed by atoms with E-state index in [1.54, 1.807) is 6.26 Å². The van der Waals surface area contributed by atoms with Crippen molar-refractivity contribution in [3.63, 3.8) is 0 Å². The fourth-order valence-corrected chi connectivity index (χ4v) is 2.36. The molecule has 1 saturated heterocycles. The Hall–Kier alpha value is -1.36. The second-order valence-electron chi connectivity index (χ2n) is 4.72. The Labute approximate surface area is 99.5 Å². The zero-order valence-electron chi connectivity index (χ0n) is 9.56. The molecule has 3 rings (SSSR count). The van der Waals surface area contributed by atoms with E-state index in [1.807, 2.05) is 24.3 Å². The number of para-hydroxylation sites is 1. The van der Waals surface area contributed by atoms with Crippen LogP contribution >= 0.6 is 0 Å². The molecule has 1 unspecified atom stereocenters. The normalized spacial score (nSPS) is 20.1. The second-order valence-corrected chi connectivity index (χ2v) is 4.72. The van der Waals surface area contributed by atoms with E-state index in [9.17, 15) is 0 Å². The molecule has 17 heavy (non-hydrogen) atoms. The minimum atomic E-state index is -0.134. The molecule has 1 aromatic heterocycles. The van der Waals surface area contributed by atoms with Crippen molar-refractivity contribution in [2.75, 3.05) is 19.8 Å². The Morgan fingerprint density at radius 2 is 2.06 bits per heavy atom. The molecular formula is C13H16N2O2. The molecule has 1 aliphatic rings. The van der Waals surface area contributed by atoms with Gasteiger partial charge in [0.15, 0.2) is 0 Å². The highest BCUT2D eigenvalue weighted by Gasteiger charge is 2.44. The van der Waals surface area contributed by atoms with Crippen molar-refractivity contribution in [3.05, 3.63) is 36.1 Å². The molecule has 1 atom stereocenters. The van der Waals surface area contributed by atoms with Crippen LogP contribution in [0.3, 0.4) is 0 Å². The third-order valence-electron chi connectivity index (χ3n) is 3.69. The third-order valence-corrected chi connectivity index (χ3v) is 3.69. The van der Waals surface area contributed by atoms with Gasteiger partial charge in [0.05, 0.1) is 19.5 Å². The summed E-state index contributed by atoms with van der Waals surface area (Å²) in [6, 6.07) is 7.77. The first-order valence-electron chi connectivity index (χ1n) is 5.76. The van der Waals surface area contributed by atoms with Gasteiger partial charge in [0.1, 0.15) is 5.58 Å². The minimum Gasteiger partial charge on any atom is -0.464 e. The van der Waals surface area contributed by atoms with Gasteiger partial charge < -0.3 is 20.6 Å². The zero-order chi connectivity index (χ0) is 11.9. The van der Waals surface area contributed by atoms with Gasteiger partial charge in [-0.1, -0.05) is 18.2 Å². The lowest BCUT2D eigenvalue weighted by Crippen LogP contribution is -2.54. The van der Waals surface area contributed by atoms with Gasteiger partial charge in [-0.25, -0.2) is 0 Å². The van der Waals surface area contributed by atoms with Crippen LogP contribution in [0.2, 0.25) is 0 Å². The molecule has 1 aliphatic heterocycles. The van der Waals surface area contributed by atoms with Crippen molar-refractivity contribution in [2.24, 2.45) is 16.9 Å². The Morgan fingerprint density at radius 3 is 2.71 bits per heavy atom. The first kappa shape index (κ1) is 10.8. The van der Waals surface area contributed by atoms with E-state index in [-0.39, 0.29) is 11.5 Å². The topological polar surface area (TPSA) is 74.4 Å². The average Bonchev–Trinajstić information content (AvgIpc) is 2.71. The highest BCUT2D eigenvalue weighted by atomic mass is 16.5. The first-order chi connectivity index (χ1) is 8.27. The van der Waals surface area contributed by atoms with Crippen LogP contribution in [0.15, 0.2) is 34.9 Å². The number of nitrogens with two attached hydrogens (primary N) is 2. The molecule has 0 saturated carbocycles. The van der Waals surface area contributed by atoms with Crippen LogP contribution in [-0.4, -0.2) is 19.8 Å². The van der Waals surface area contributed by atoms with E-state index < -0.39 is 0 Å². The maximum Gasteiger partial charge on any atom is 0.134 e. The predicted molar refractivity (Wildman–Crippen MR) is 65.4 cm³/mol. The number of benzene rings is 1. The molecule has 2 aromatic rings. The molecule has 4 nitrogen and oxygen atoms in total. The van der Waals surface area contributed by atoms with E-state index >= 15 is 0 Å². The SMILES string of the molecule is NCC1(C(N)c2coc3ccccc23)COC1. The molecular weight excluding hydrogens is 216 g/mol.